The monoisotopic (exact) mass is 258 g/mol. The van der Waals surface area contributed by atoms with Crippen LogP contribution in [0.5, 0.6) is 0 Å². The Morgan fingerprint density at radius 2 is 2.32 bits per heavy atom. The van der Waals surface area contributed by atoms with Gasteiger partial charge in [0.2, 0.25) is 5.89 Å². The number of hydrogen-bond acceptors (Lipinski definition) is 5. The minimum atomic E-state index is -0.985. The topological polar surface area (TPSA) is 94.0 Å². The second-order valence-corrected chi connectivity index (χ2v) is 4.12. The molecule has 0 aliphatic carbocycles. The zero-order chi connectivity index (χ0) is 13.4. The lowest BCUT2D eigenvalue weighted by Crippen LogP contribution is -2.03. The van der Waals surface area contributed by atoms with Gasteiger partial charge in [0.25, 0.3) is 0 Å². The molecule has 96 valence electrons. The van der Waals surface area contributed by atoms with Crippen LogP contribution in [0, 0.1) is 6.92 Å². The van der Waals surface area contributed by atoms with Crippen LogP contribution >= 0.6 is 0 Å². The van der Waals surface area contributed by atoms with Gasteiger partial charge >= 0.3 is 5.97 Å². The minimum absolute atomic E-state index is 0.194. The van der Waals surface area contributed by atoms with Gasteiger partial charge in [-0.3, -0.25) is 0 Å². The van der Waals surface area contributed by atoms with Crippen molar-refractivity contribution in [1.82, 2.24) is 20.0 Å². The van der Waals surface area contributed by atoms with E-state index < -0.39 is 5.97 Å². The van der Waals surface area contributed by atoms with E-state index in [1.165, 1.54) is 12.1 Å². The van der Waals surface area contributed by atoms with Crippen LogP contribution in [0.15, 0.2) is 28.8 Å². The van der Waals surface area contributed by atoms with Gasteiger partial charge in [-0.2, -0.15) is 0 Å². The van der Waals surface area contributed by atoms with Crippen LogP contribution in [0.4, 0.5) is 0 Å². The minimum Gasteiger partial charge on any atom is -0.478 e. The summed E-state index contributed by atoms with van der Waals surface area (Å²) >= 11 is 0. The van der Waals surface area contributed by atoms with Crippen LogP contribution in [0.3, 0.4) is 0 Å². The van der Waals surface area contributed by atoms with E-state index in [1.54, 1.807) is 23.9 Å². The van der Waals surface area contributed by atoms with Gasteiger partial charge in [0.05, 0.1) is 17.3 Å². The Morgan fingerprint density at radius 3 is 3.00 bits per heavy atom. The van der Waals surface area contributed by atoms with E-state index in [2.05, 4.69) is 15.3 Å². The molecule has 1 aromatic carbocycles. The molecule has 7 heteroatoms. The highest BCUT2D eigenvalue weighted by atomic mass is 16.4. The Labute approximate surface area is 107 Å². The number of benzene rings is 1. The fourth-order valence-electron chi connectivity index (χ4n) is 1.82. The van der Waals surface area contributed by atoms with Gasteiger partial charge in [-0.25, -0.2) is 14.5 Å². The van der Waals surface area contributed by atoms with Gasteiger partial charge in [0.15, 0.2) is 0 Å². The number of carbonyl (C=O) groups is 1. The van der Waals surface area contributed by atoms with E-state index in [-0.39, 0.29) is 5.56 Å². The molecule has 0 bridgehead atoms. The Kier molecular flexibility index (Phi) is 2.52. The molecular formula is C12H10N4O3. The lowest BCUT2D eigenvalue weighted by atomic mass is 10.2. The summed E-state index contributed by atoms with van der Waals surface area (Å²) in [6.07, 6.45) is 1.62. The number of rotatable bonds is 3. The first-order valence-electron chi connectivity index (χ1n) is 5.61. The molecule has 0 saturated heterocycles. The van der Waals surface area contributed by atoms with Gasteiger partial charge in [0, 0.05) is 0 Å². The average molecular weight is 258 g/mol. The first kappa shape index (κ1) is 11.4. The van der Waals surface area contributed by atoms with Crippen molar-refractivity contribution in [3.63, 3.8) is 0 Å². The number of aromatic carboxylic acids is 1. The standard InChI is InChI=1S/C12H10N4O3/c1-7-5-13-11(19-7)6-16-10-4-8(12(17)18)2-3-9(10)14-15-16/h2-5H,6H2,1H3,(H,17,18). The van der Waals surface area contributed by atoms with Crippen molar-refractivity contribution >= 4 is 17.0 Å². The van der Waals surface area contributed by atoms with E-state index in [9.17, 15) is 4.79 Å². The highest BCUT2D eigenvalue weighted by Crippen LogP contribution is 2.15. The van der Waals surface area contributed by atoms with Crippen molar-refractivity contribution in [3.05, 3.63) is 41.6 Å². The number of hydrogen-bond donors (Lipinski definition) is 1. The zero-order valence-corrected chi connectivity index (χ0v) is 10.1. The summed E-state index contributed by atoms with van der Waals surface area (Å²) < 4.78 is 6.93. The van der Waals surface area contributed by atoms with Gasteiger partial charge in [-0.05, 0) is 25.1 Å². The molecule has 1 N–H and O–H groups in total. The summed E-state index contributed by atoms with van der Waals surface area (Å²) in [5, 5.41) is 16.9. The summed E-state index contributed by atoms with van der Waals surface area (Å²) in [5.74, 6) is 0.234. The first-order valence-corrected chi connectivity index (χ1v) is 5.61. The van der Waals surface area contributed by atoms with Crippen LogP contribution < -0.4 is 0 Å². The van der Waals surface area contributed by atoms with Crippen LogP contribution in [0.25, 0.3) is 11.0 Å². The van der Waals surface area contributed by atoms with Gasteiger partial charge in [-0.15, -0.1) is 5.10 Å². The predicted octanol–water partition coefficient (Wildman–Crippen LogP) is 1.47. The second-order valence-electron chi connectivity index (χ2n) is 4.12. The Bertz CT molecular complexity index is 759. The molecule has 0 saturated carbocycles. The number of fused-ring (bicyclic) bond motifs is 1. The Morgan fingerprint density at radius 1 is 1.47 bits per heavy atom. The van der Waals surface area contributed by atoms with E-state index in [0.717, 1.165) is 0 Å². The van der Waals surface area contributed by atoms with Crippen LogP contribution in [0.1, 0.15) is 22.0 Å². The fourth-order valence-corrected chi connectivity index (χ4v) is 1.82. The maximum absolute atomic E-state index is 11.0. The third-order valence-corrected chi connectivity index (χ3v) is 2.72. The van der Waals surface area contributed by atoms with E-state index in [1.807, 2.05) is 0 Å². The van der Waals surface area contributed by atoms with Gasteiger partial charge < -0.3 is 9.52 Å². The number of nitrogens with zero attached hydrogens (tertiary/aromatic N) is 4. The van der Waals surface area contributed by atoms with E-state index >= 15 is 0 Å². The van der Waals surface area contributed by atoms with Crippen molar-refractivity contribution in [3.8, 4) is 0 Å². The lowest BCUT2D eigenvalue weighted by Gasteiger charge is -1.99. The maximum atomic E-state index is 11.0. The first-order chi connectivity index (χ1) is 9.13. The largest absolute Gasteiger partial charge is 0.478 e. The van der Waals surface area contributed by atoms with E-state index in [4.69, 9.17) is 9.52 Å². The van der Waals surface area contributed by atoms with Crippen molar-refractivity contribution in [2.24, 2.45) is 0 Å². The number of carboxylic acid groups (broad SMARTS) is 1. The van der Waals surface area contributed by atoms with Gasteiger partial charge in [0.1, 0.15) is 17.8 Å². The average Bonchev–Trinajstić information content (AvgIpc) is 2.96. The van der Waals surface area contributed by atoms with Crippen molar-refractivity contribution in [1.29, 1.82) is 0 Å². The highest BCUT2D eigenvalue weighted by Gasteiger charge is 2.11. The van der Waals surface area contributed by atoms with Crippen LogP contribution in [-0.2, 0) is 6.54 Å². The summed E-state index contributed by atoms with van der Waals surface area (Å²) in [7, 11) is 0. The fraction of sp³-hybridized carbons (Fsp3) is 0.167. The van der Waals surface area contributed by atoms with Crippen molar-refractivity contribution in [2.45, 2.75) is 13.5 Å². The van der Waals surface area contributed by atoms with E-state index in [0.29, 0.717) is 29.2 Å². The second kappa shape index (κ2) is 4.20. The molecule has 0 spiro atoms. The summed E-state index contributed by atoms with van der Waals surface area (Å²) in [5.41, 5.74) is 1.46. The molecule has 3 aromatic rings. The van der Waals surface area contributed by atoms with Crippen LogP contribution in [-0.4, -0.2) is 31.1 Å². The molecule has 0 atom stereocenters. The molecule has 7 nitrogen and oxygen atoms in total. The molecule has 3 rings (SSSR count). The quantitative estimate of drug-likeness (QED) is 0.764. The molecule has 2 aromatic heterocycles. The molecule has 0 amide bonds. The predicted molar refractivity (Wildman–Crippen MR) is 64.8 cm³/mol. The highest BCUT2D eigenvalue weighted by molar-refractivity contribution is 5.92. The number of oxazole rings is 1. The molecule has 19 heavy (non-hydrogen) atoms. The third kappa shape index (κ3) is 2.05. The molecule has 0 unspecified atom stereocenters. The molecule has 0 radical (unpaired) electrons. The maximum Gasteiger partial charge on any atom is 0.335 e. The lowest BCUT2D eigenvalue weighted by molar-refractivity contribution is 0.0697. The molecule has 0 aliphatic heterocycles. The van der Waals surface area contributed by atoms with Gasteiger partial charge in [-0.1, -0.05) is 5.21 Å². The smallest absolute Gasteiger partial charge is 0.335 e. The molecule has 2 heterocycles. The Balaban J connectivity index is 2.03. The molecule has 0 fully saturated rings. The number of aromatic nitrogens is 4. The van der Waals surface area contributed by atoms with Crippen LogP contribution in [0.2, 0.25) is 0 Å². The SMILES string of the molecule is Cc1cnc(Cn2nnc3ccc(C(=O)O)cc32)o1. The third-order valence-electron chi connectivity index (χ3n) is 2.72. The zero-order valence-electron chi connectivity index (χ0n) is 10.1. The molecule has 0 aliphatic rings. The Hall–Kier alpha value is -2.70. The number of aryl methyl sites for hydroxylation is 1. The summed E-state index contributed by atoms with van der Waals surface area (Å²) in [6, 6.07) is 4.66. The molecular weight excluding hydrogens is 248 g/mol. The van der Waals surface area contributed by atoms with Crippen molar-refractivity contribution in [2.75, 3.05) is 0 Å². The summed E-state index contributed by atoms with van der Waals surface area (Å²) in [6.45, 7) is 2.12. The number of carboxylic acids is 1. The summed E-state index contributed by atoms with van der Waals surface area (Å²) in [4.78, 5) is 15.0. The normalized spacial score (nSPS) is 11.0. The van der Waals surface area contributed by atoms with Crippen molar-refractivity contribution < 1.29 is 14.3 Å².